The number of carbonyl (C=O) groups excluding carboxylic acids is 2. The fourth-order valence-electron chi connectivity index (χ4n) is 7.20. The molecule has 0 radical (unpaired) electrons. The van der Waals surface area contributed by atoms with Crippen molar-refractivity contribution in [3.8, 4) is 11.5 Å². The van der Waals surface area contributed by atoms with Crippen LogP contribution < -0.4 is 4.74 Å². The predicted molar refractivity (Wildman–Crippen MR) is 161 cm³/mol. The van der Waals surface area contributed by atoms with E-state index in [0.717, 1.165) is 29.9 Å². The van der Waals surface area contributed by atoms with Gasteiger partial charge >= 0.3 is 5.97 Å². The second-order valence-electron chi connectivity index (χ2n) is 12.7. The van der Waals surface area contributed by atoms with E-state index in [9.17, 15) is 14.7 Å². The number of likely N-dealkylation sites (N-methyl/N-ethyl adjacent to an activating group) is 1. The Bertz CT molecular complexity index is 1200. The Morgan fingerprint density at radius 2 is 1.73 bits per heavy atom. The highest BCUT2D eigenvalue weighted by atomic mass is 16.5. The molecule has 2 aromatic rings. The van der Waals surface area contributed by atoms with Gasteiger partial charge in [0.05, 0.1) is 12.6 Å². The molecule has 2 aliphatic carbocycles. The lowest BCUT2D eigenvalue weighted by Gasteiger charge is -2.56. The molecule has 0 amide bonds. The Hall–Kier alpha value is -2.96. The maximum absolute atomic E-state index is 13.5. The number of ketones is 1. The Morgan fingerprint density at radius 3 is 2.34 bits per heavy atom. The maximum Gasteiger partial charge on any atom is 0.320 e. The molecule has 0 heterocycles. The van der Waals surface area contributed by atoms with E-state index >= 15 is 0 Å². The summed E-state index contributed by atoms with van der Waals surface area (Å²) in [5, 5.41) is 11.3. The molecule has 0 saturated heterocycles. The summed E-state index contributed by atoms with van der Waals surface area (Å²) in [6.45, 7) is 15.4. The van der Waals surface area contributed by atoms with E-state index in [2.05, 4.69) is 25.3 Å². The Morgan fingerprint density at radius 1 is 1.07 bits per heavy atom. The summed E-state index contributed by atoms with van der Waals surface area (Å²) in [6, 6.07) is 17.6. The van der Waals surface area contributed by atoms with Crippen LogP contribution in [0.4, 0.5) is 0 Å². The van der Waals surface area contributed by atoms with Crippen molar-refractivity contribution in [2.45, 2.75) is 79.1 Å². The standard InChI is InChI=1S/C35H47NO5/c1-7-34(5)21-31(35(6)24(3)14-17-27(20-30(34)38)33(35)25(4)37)41-32(39)23-36(8-2)22-26-15-18-29(19-16-26)40-28-12-10-9-11-13-28/h7,9-13,15-16,18-19,24,27,30-31,33,38H,1,8,14,17,20-23H2,2-6H3/t24?,27?,30-,31+,33?,34+,35-/m0/s1. The molecule has 2 fully saturated rings. The summed E-state index contributed by atoms with van der Waals surface area (Å²) in [5.41, 5.74) is -0.0571. The van der Waals surface area contributed by atoms with Crippen molar-refractivity contribution >= 4 is 11.8 Å². The lowest BCUT2D eigenvalue weighted by molar-refractivity contribution is -0.186. The van der Waals surface area contributed by atoms with Crippen molar-refractivity contribution < 1.29 is 24.2 Å². The quantitative estimate of drug-likeness (QED) is 0.254. The summed E-state index contributed by atoms with van der Waals surface area (Å²) in [5.74, 6) is 1.36. The highest BCUT2D eigenvalue weighted by Crippen LogP contribution is 2.57. The number of ether oxygens (including phenoxy) is 2. The van der Waals surface area contributed by atoms with Gasteiger partial charge in [-0.1, -0.05) is 64.1 Å². The number of rotatable bonds is 10. The number of aliphatic hydroxyl groups is 1. The number of carbonyl (C=O) groups is 2. The number of benzene rings is 2. The molecule has 0 spiro atoms. The number of hydrogen-bond donors (Lipinski definition) is 1. The summed E-state index contributed by atoms with van der Waals surface area (Å²) in [7, 11) is 0. The highest BCUT2D eigenvalue weighted by molar-refractivity contribution is 5.80. The van der Waals surface area contributed by atoms with Crippen LogP contribution in [0.3, 0.4) is 0 Å². The van der Waals surface area contributed by atoms with Gasteiger partial charge in [-0.05, 0) is 80.8 Å². The largest absolute Gasteiger partial charge is 0.461 e. The number of nitrogens with zero attached hydrogens (tertiary/aromatic N) is 1. The van der Waals surface area contributed by atoms with Gasteiger partial charge in [0.25, 0.3) is 0 Å². The molecule has 0 aromatic heterocycles. The Kier molecular flexibility index (Phi) is 9.76. The minimum Gasteiger partial charge on any atom is -0.461 e. The van der Waals surface area contributed by atoms with Gasteiger partial charge < -0.3 is 14.6 Å². The van der Waals surface area contributed by atoms with Crippen LogP contribution in [0.1, 0.15) is 65.9 Å². The lowest BCUT2D eigenvalue weighted by atomic mass is 9.50. The average molecular weight is 562 g/mol. The van der Waals surface area contributed by atoms with Gasteiger partial charge in [0.1, 0.15) is 23.4 Å². The molecule has 6 heteroatoms. The predicted octanol–water partition coefficient (Wildman–Crippen LogP) is 6.82. The number of esters is 1. The molecule has 2 saturated carbocycles. The molecule has 222 valence electrons. The molecule has 1 N–H and O–H groups in total. The molecule has 3 unspecified atom stereocenters. The van der Waals surface area contributed by atoms with Crippen LogP contribution in [0, 0.1) is 28.6 Å². The summed E-state index contributed by atoms with van der Waals surface area (Å²) < 4.78 is 12.3. The monoisotopic (exact) mass is 561 g/mol. The lowest BCUT2D eigenvalue weighted by Crippen LogP contribution is -2.58. The van der Waals surface area contributed by atoms with Crippen LogP contribution in [0.2, 0.25) is 0 Å². The van der Waals surface area contributed by atoms with Gasteiger partial charge in [-0.2, -0.15) is 0 Å². The number of hydrogen-bond acceptors (Lipinski definition) is 6. The molecule has 4 rings (SSSR count). The third-order valence-corrected chi connectivity index (χ3v) is 10.1. The number of aliphatic hydroxyl groups excluding tert-OH is 1. The first-order valence-electron chi connectivity index (χ1n) is 15.1. The molecule has 2 aromatic carbocycles. The van der Waals surface area contributed by atoms with Gasteiger partial charge in [-0.25, -0.2) is 0 Å². The average Bonchev–Trinajstić information content (AvgIpc) is 2.95. The highest BCUT2D eigenvalue weighted by Gasteiger charge is 2.58. The van der Waals surface area contributed by atoms with Gasteiger partial charge in [-0.15, -0.1) is 6.58 Å². The van der Waals surface area contributed by atoms with Crippen molar-refractivity contribution in [2.24, 2.45) is 28.6 Å². The zero-order valence-electron chi connectivity index (χ0n) is 25.3. The summed E-state index contributed by atoms with van der Waals surface area (Å²) >= 11 is 0. The number of fused-ring (bicyclic) bond motifs is 2. The van der Waals surface area contributed by atoms with E-state index in [1.165, 1.54) is 0 Å². The zero-order chi connectivity index (χ0) is 29.8. The molecule has 2 aliphatic rings. The SMILES string of the molecule is C=C[C@]1(C)C[C@@H](OC(=O)CN(CC)Cc2ccc(Oc3ccccc3)cc2)[C@]2(C)C(C)CCC(C[C@@H]1O)C2C(C)=O. The fraction of sp³-hybridized carbons (Fsp3) is 0.543. The normalized spacial score (nSPS) is 31.5. The van der Waals surface area contributed by atoms with Gasteiger partial charge in [0, 0.05) is 23.3 Å². The van der Waals surface area contributed by atoms with E-state index < -0.39 is 23.0 Å². The van der Waals surface area contributed by atoms with Crippen LogP contribution in [-0.2, 0) is 20.9 Å². The van der Waals surface area contributed by atoms with Crippen molar-refractivity contribution in [1.82, 2.24) is 4.90 Å². The molecule has 0 aliphatic heterocycles. The van der Waals surface area contributed by atoms with Crippen LogP contribution in [0.25, 0.3) is 0 Å². The van der Waals surface area contributed by atoms with E-state index in [-0.39, 0.29) is 36.1 Å². The van der Waals surface area contributed by atoms with Gasteiger partial charge in [0.2, 0.25) is 0 Å². The third kappa shape index (κ3) is 6.76. The van der Waals surface area contributed by atoms with Gasteiger partial charge in [0.15, 0.2) is 0 Å². The molecular weight excluding hydrogens is 514 g/mol. The van der Waals surface area contributed by atoms with Crippen LogP contribution >= 0.6 is 0 Å². The molecule has 7 atom stereocenters. The van der Waals surface area contributed by atoms with Crippen LogP contribution in [-0.4, -0.2) is 47.1 Å². The Balaban J connectivity index is 1.49. The summed E-state index contributed by atoms with van der Waals surface area (Å²) in [4.78, 5) is 28.7. The summed E-state index contributed by atoms with van der Waals surface area (Å²) in [6.07, 6.45) is 3.50. The van der Waals surface area contributed by atoms with E-state index in [0.29, 0.717) is 25.9 Å². The van der Waals surface area contributed by atoms with Gasteiger partial charge in [-0.3, -0.25) is 14.5 Å². The van der Waals surface area contributed by atoms with Crippen LogP contribution in [0.5, 0.6) is 11.5 Å². The first kappa shape index (κ1) is 31.0. The first-order chi connectivity index (χ1) is 19.5. The zero-order valence-corrected chi connectivity index (χ0v) is 25.3. The minimum atomic E-state index is -0.646. The molecular formula is C35H47NO5. The van der Waals surface area contributed by atoms with Crippen molar-refractivity contribution in [3.63, 3.8) is 0 Å². The fourth-order valence-corrected chi connectivity index (χ4v) is 7.20. The van der Waals surface area contributed by atoms with Crippen molar-refractivity contribution in [3.05, 3.63) is 72.8 Å². The number of para-hydroxylation sites is 1. The van der Waals surface area contributed by atoms with Crippen LogP contribution in [0.15, 0.2) is 67.3 Å². The second-order valence-corrected chi connectivity index (χ2v) is 12.7. The number of Topliss-reactive ketones (excluding diaryl/α,β-unsaturated/α-hetero) is 1. The van der Waals surface area contributed by atoms with E-state index in [1.807, 2.05) is 68.4 Å². The Labute approximate surface area is 245 Å². The third-order valence-electron chi connectivity index (χ3n) is 10.1. The smallest absolute Gasteiger partial charge is 0.320 e. The molecule has 2 bridgehead atoms. The van der Waals surface area contributed by atoms with E-state index in [4.69, 9.17) is 9.47 Å². The van der Waals surface area contributed by atoms with E-state index in [1.54, 1.807) is 13.0 Å². The second kappa shape index (κ2) is 12.9. The van der Waals surface area contributed by atoms with Crippen molar-refractivity contribution in [2.75, 3.05) is 13.1 Å². The minimum absolute atomic E-state index is 0.0606. The van der Waals surface area contributed by atoms with Crippen molar-refractivity contribution in [1.29, 1.82) is 0 Å². The maximum atomic E-state index is 13.5. The molecule has 41 heavy (non-hydrogen) atoms. The first-order valence-corrected chi connectivity index (χ1v) is 15.1. The topological polar surface area (TPSA) is 76.1 Å². The molecule has 6 nitrogen and oxygen atoms in total.